The molecule has 0 aliphatic rings. The molecule has 3 aromatic rings. The normalized spacial score (nSPS) is 10.7. The van der Waals surface area contributed by atoms with E-state index in [-0.39, 0.29) is 0 Å². The van der Waals surface area contributed by atoms with E-state index in [1.807, 2.05) is 30.5 Å². The molecule has 96 valence electrons. The van der Waals surface area contributed by atoms with Crippen molar-refractivity contribution in [1.82, 2.24) is 9.97 Å². The molecule has 0 aliphatic heterocycles. The fourth-order valence-electron chi connectivity index (χ4n) is 1.88. The number of nitrogens with two attached hydrogens (primary N) is 1. The van der Waals surface area contributed by atoms with Gasteiger partial charge < -0.3 is 11.1 Å². The van der Waals surface area contributed by atoms with Gasteiger partial charge in [0.25, 0.3) is 0 Å². The lowest BCUT2D eigenvalue weighted by molar-refractivity contribution is 1.00. The van der Waals surface area contributed by atoms with Crippen LogP contribution in [0.2, 0.25) is 0 Å². The van der Waals surface area contributed by atoms with Gasteiger partial charge >= 0.3 is 0 Å². The number of hydrogen-bond donors (Lipinski definition) is 2. The molecular weight excluding hydrogens is 256 g/mol. The Balaban J connectivity index is 1.65. The number of fused-ring (bicyclic) bond motifs is 1. The monoisotopic (exact) mass is 270 g/mol. The lowest BCUT2D eigenvalue weighted by Gasteiger charge is -2.01. The highest BCUT2D eigenvalue weighted by Crippen LogP contribution is 2.27. The average Bonchev–Trinajstić information content (AvgIpc) is 2.82. The summed E-state index contributed by atoms with van der Waals surface area (Å²) in [4.78, 5) is 8.62. The van der Waals surface area contributed by atoms with Crippen molar-refractivity contribution in [3.63, 3.8) is 0 Å². The lowest BCUT2D eigenvalue weighted by Crippen LogP contribution is -2.04. The van der Waals surface area contributed by atoms with E-state index in [2.05, 4.69) is 21.4 Å². The van der Waals surface area contributed by atoms with Gasteiger partial charge in [0.2, 0.25) is 0 Å². The van der Waals surface area contributed by atoms with Gasteiger partial charge in [-0.25, -0.2) is 4.98 Å². The molecule has 3 rings (SSSR count). The fraction of sp³-hybridized carbons (Fsp3) is 0.143. The highest BCUT2D eigenvalue weighted by molar-refractivity contribution is 7.22. The minimum absolute atomic E-state index is 0.776. The number of anilines is 2. The molecule has 1 aromatic carbocycles. The summed E-state index contributed by atoms with van der Waals surface area (Å²) in [5.41, 5.74) is 8.75. The minimum Gasteiger partial charge on any atom is -0.399 e. The van der Waals surface area contributed by atoms with Crippen LogP contribution in [0, 0.1) is 0 Å². The van der Waals surface area contributed by atoms with E-state index >= 15 is 0 Å². The van der Waals surface area contributed by atoms with Crippen LogP contribution in [-0.2, 0) is 6.42 Å². The van der Waals surface area contributed by atoms with Crippen LogP contribution in [0.25, 0.3) is 10.2 Å². The number of aromatic nitrogens is 2. The van der Waals surface area contributed by atoms with Crippen LogP contribution in [0.5, 0.6) is 0 Å². The zero-order valence-corrected chi connectivity index (χ0v) is 11.2. The third-order valence-electron chi connectivity index (χ3n) is 2.83. The molecule has 2 heterocycles. The summed E-state index contributed by atoms with van der Waals surface area (Å²) >= 11 is 1.63. The van der Waals surface area contributed by atoms with E-state index in [1.54, 1.807) is 17.5 Å². The first-order valence-electron chi connectivity index (χ1n) is 6.10. The predicted octanol–water partition coefficient (Wildman–Crippen LogP) is 2.93. The second-order valence-corrected chi connectivity index (χ2v) is 5.31. The summed E-state index contributed by atoms with van der Waals surface area (Å²) in [6.07, 6.45) is 4.61. The Morgan fingerprint density at radius 3 is 3.05 bits per heavy atom. The van der Waals surface area contributed by atoms with E-state index in [0.717, 1.165) is 34.0 Å². The summed E-state index contributed by atoms with van der Waals surface area (Å²) in [5.74, 6) is 0. The SMILES string of the molecule is Nc1ccc2nc(NCCc3cccnc3)sc2c1. The maximum atomic E-state index is 5.76. The van der Waals surface area contributed by atoms with E-state index in [9.17, 15) is 0 Å². The zero-order valence-electron chi connectivity index (χ0n) is 10.3. The molecule has 0 unspecified atom stereocenters. The van der Waals surface area contributed by atoms with Crippen LogP contribution >= 0.6 is 11.3 Å². The Morgan fingerprint density at radius 1 is 1.26 bits per heavy atom. The van der Waals surface area contributed by atoms with Crippen molar-refractivity contribution in [2.24, 2.45) is 0 Å². The maximum absolute atomic E-state index is 5.76. The molecule has 2 aromatic heterocycles. The smallest absolute Gasteiger partial charge is 0.183 e. The minimum atomic E-state index is 0.776. The first kappa shape index (κ1) is 11.9. The van der Waals surface area contributed by atoms with Gasteiger partial charge in [-0.05, 0) is 36.2 Å². The zero-order chi connectivity index (χ0) is 13.1. The van der Waals surface area contributed by atoms with Crippen LogP contribution in [0.1, 0.15) is 5.56 Å². The van der Waals surface area contributed by atoms with E-state index in [1.165, 1.54) is 5.56 Å². The van der Waals surface area contributed by atoms with Crippen LogP contribution in [0.4, 0.5) is 10.8 Å². The topological polar surface area (TPSA) is 63.8 Å². The Morgan fingerprint density at radius 2 is 2.21 bits per heavy atom. The molecule has 0 radical (unpaired) electrons. The fourth-order valence-corrected chi connectivity index (χ4v) is 2.82. The molecule has 0 saturated carbocycles. The van der Waals surface area contributed by atoms with Crippen LogP contribution < -0.4 is 11.1 Å². The molecule has 5 heteroatoms. The van der Waals surface area contributed by atoms with Crippen molar-refractivity contribution in [2.45, 2.75) is 6.42 Å². The third-order valence-corrected chi connectivity index (χ3v) is 3.80. The number of hydrogen-bond acceptors (Lipinski definition) is 5. The van der Waals surface area contributed by atoms with Crippen molar-refractivity contribution in [3.8, 4) is 0 Å². The quantitative estimate of drug-likeness (QED) is 0.715. The van der Waals surface area contributed by atoms with Crippen molar-refractivity contribution in [1.29, 1.82) is 0 Å². The predicted molar refractivity (Wildman–Crippen MR) is 80.5 cm³/mol. The Bertz CT molecular complexity index is 678. The van der Waals surface area contributed by atoms with E-state index < -0.39 is 0 Å². The Hall–Kier alpha value is -2.14. The second kappa shape index (κ2) is 5.24. The van der Waals surface area contributed by atoms with Gasteiger partial charge in [0.05, 0.1) is 10.2 Å². The van der Waals surface area contributed by atoms with Crippen LogP contribution in [-0.4, -0.2) is 16.5 Å². The maximum Gasteiger partial charge on any atom is 0.183 e. The molecule has 4 nitrogen and oxygen atoms in total. The number of rotatable bonds is 4. The highest BCUT2D eigenvalue weighted by atomic mass is 32.1. The molecule has 19 heavy (non-hydrogen) atoms. The largest absolute Gasteiger partial charge is 0.399 e. The molecule has 0 aliphatic carbocycles. The third kappa shape index (κ3) is 2.82. The number of nitrogens with one attached hydrogen (secondary N) is 1. The number of benzene rings is 1. The Labute approximate surface area is 115 Å². The second-order valence-electron chi connectivity index (χ2n) is 4.28. The average molecular weight is 270 g/mol. The van der Waals surface area contributed by atoms with Gasteiger partial charge in [0.1, 0.15) is 0 Å². The Kier molecular flexibility index (Phi) is 3.29. The molecule has 0 spiro atoms. The van der Waals surface area contributed by atoms with Crippen LogP contribution in [0.15, 0.2) is 42.7 Å². The van der Waals surface area contributed by atoms with Crippen molar-refractivity contribution >= 4 is 32.4 Å². The van der Waals surface area contributed by atoms with Crippen molar-refractivity contribution < 1.29 is 0 Å². The number of nitrogens with zero attached hydrogens (tertiary/aromatic N) is 2. The van der Waals surface area contributed by atoms with Gasteiger partial charge in [-0.3, -0.25) is 4.98 Å². The van der Waals surface area contributed by atoms with Gasteiger partial charge in [-0.2, -0.15) is 0 Å². The lowest BCUT2D eigenvalue weighted by atomic mass is 10.2. The van der Waals surface area contributed by atoms with Crippen molar-refractivity contribution in [3.05, 3.63) is 48.3 Å². The van der Waals surface area contributed by atoms with Gasteiger partial charge in [0.15, 0.2) is 5.13 Å². The first-order valence-corrected chi connectivity index (χ1v) is 6.92. The van der Waals surface area contributed by atoms with E-state index in [0.29, 0.717) is 0 Å². The molecule has 0 amide bonds. The number of thiazole rings is 1. The summed E-state index contributed by atoms with van der Waals surface area (Å²) in [7, 11) is 0. The number of pyridine rings is 1. The van der Waals surface area contributed by atoms with Gasteiger partial charge in [0, 0.05) is 24.6 Å². The standard InChI is InChI=1S/C14H14N4S/c15-11-3-4-12-13(8-11)19-14(18-12)17-7-5-10-2-1-6-16-9-10/h1-4,6,8-9H,5,7,15H2,(H,17,18). The molecule has 0 saturated heterocycles. The van der Waals surface area contributed by atoms with Gasteiger partial charge in [-0.15, -0.1) is 0 Å². The summed E-state index contributed by atoms with van der Waals surface area (Å²) in [6.45, 7) is 0.848. The van der Waals surface area contributed by atoms with E-state index in [4.69, 9.17) is 5.73 Å². The van der Waals surface area contributed by atoms with Gasteiger partial charge in [-0.1, -0.05) is 17.4 Å². The molecule has 3 N–H and O–H groups in total. The summed E-state index contributed by atoms with van der Waals surface area (Å²) in [5, 5.41) is 4.28. The summed E-state index contributed by atoms with van der Waals surface area (Å²) in [6, 6.07) is 9.82. The summed E-state index contributed by atoms with van der Waals surface area (Å²) < 4.78 is 1.11. The first-order chi connectivity index (χ1) is 9.31. The molecule has 0 bridgehead atoms. The number of nitrogen functional groups attached to an aromatic ring is 1. The molecule has 0 fully saturated rings. The van der Waals surface area contributed by atoms with Crippen LogP contribution in [0.3, 0.4) is 0 Å². The molecule has 0 atom stereocenters. The van der Waals surface area contributed by atoms with Crippen molar-refractivity contribution in [2.75, 3.05) is 17.6 Å². The molecular formula is C14H14N4S. The highest BCUT2D eigenvalue weighted by Gasteiger charge is 2.03.